The summed E-state index contributed by atoms with van der Waals surface area (Å²) in [5, 5.41) is 3.16. The number of ketones is 1. The van der Waals surface area contributed by atoms with Crippen molar-refractivity contribution < 1.29 is 23.9 Å². The molecule has 0 aliphatic carbocycles. The highest BCUT2D eigenvalue weighted by Crippen LogP contribution is 2.35. The van der Waals surface area contributed by atoms with E-state index in [-0.39, 0.29) is 18.2 Å². The van der Waals surface area contributed by atoms with Gasteiger partial charge in [0.05, 0.1) is 18.5 Å². The van der Waals surface area contributed by atoms with Gasteiger partial charge in [-0.3, -0.25) is 19.3 Å². The van der Waals surface area contributed by atoms with E-state index in [1.807, 2.05) is 6.92 Å². The lowest BCUT2D eigenvalue weighted by Crippen LogP contribution is -2.47. The molecule has 8 heteroatoms. The van der Waals surface area contributed by atoms with E-state index < -0.39 is 12.0 Å². The van der Waals surface area contributed by atoms with Crippen molar-refractivity contribution in [3.8, 4) is 11.5 Å². The Bertz CT molecular complexity index is 991. The third-order valence-electron chi connectivity index (χ3n) is 4.70. The highest BCUT2D eigenvalue weighted by atomic mass is 35.5. The first-order valence-corrected chi connectivity index (χ1v) is 10.0. The highest BCUT2D eigenvalue weighted by Gasteiger charge is 2.33. The van der Waals surface area contributed by atoms with Gasteiger partial charge in [0.15, 0.2) is 11.9 Å². The molecular formula is C22H23ClN2O5. The van der Waals surface area contributed by atoms with E-state index in [2.05, 4.69) is 5.32 Å². The zero-order valence-electron chi connectivity index (χ0n) is 17.0. The second-order valence-corrected chi connectivity index (χ2v) is 7.37. The molecule has 0 aromatic heterocycles. The first-order chi connectivity index (χ1) is 14.3. The van der Waals surface area contributed by atoms with Crippen LogP contribution in [0.2, 0.25) is 5.02 Å². The number of carbonyl (C=O) groups excluding carboxylic acids is 3. The zero-order valence-corrected chi connectivity index (χ0v) is 17.8. The Kier molecular flexibility index (Phi) is 6.62. The van der Waals surface area contributed by atoms with Crippen molar-refractivity contribution in [3.05, 3.63) is 47.0 Å². The maximum atomic E-state index is 12.8. The molecule has 2 aromatic carbocycles. The predicted octanol–water partition coefficient (Wildman–Crippen LogP) is 4.08. The van der Waals surface area contributed by atoms with Crippen LogP contribution in [0, 0.1) is 0 Å². The van der Waals surface area contributed by atoms with Crippen LogP contribution >= 0.6 is 11.6 Å². The summed E-state index contributed by atoms with van der Waals surface area (Å²) in [5.41, 5.74) is 1.27. The number of methoxy groups -OCH3 is 1. The number of ether oxygens (including phenoxy) is 2. The van der Waals surface area contributed by atoms with Crippen molar-refractivity contribution >= 4 is 40.6 Å². The van der Waals surface area contributed by atoms with Crippen LogP contribution in [0.3, 0.4) is 0 Å². The number of Topliss-reactive ketones (excluding diaryl/α,β-unsaturated/α-hetero) is 1. The number of hydrogen-bond acceptors (Lipinski definition) is 5. The lowest BCUT2D eigenvalue weighted by atomic mass is 10.0. The van der Waals surface area contributed by atoms with Crippen LogP contribution < -0.4 is 19.7 Å². The molecule has 1 unspecified atom stereocenters. The lowest BCUT2D eigenvalue weighted by molar-refractivity contribution is -0.127. The molecule has 3 rings (SSSR count). The van der Waals surface area contributed by atoms with Crippen molar-refractivity contribution in [1.82, 2.24) is 0 Å². The van der Waals surface area contributed by atoms with E-state index in [1.165, 1.54) is 12.0 Å². The summed E-state index contributed by atoms with van der Waals surface area (Å²) in [5.74, 6) is 0.0649. The van der Waals surface area contributed by atoms with Gasteiger partial charge in [0.2, 0.25) is 5.91 Å². The standard InChI is InChI=1S/C22H23ClN2O5/c1-4-5-18(26)14-6-8-20-17(10-14)25(22(28)13(2)30-20)12-21(27)24-16-11-15(23)7-9-19(16)29-3/h6-11,13H,4-5,12H2,1-3H3,(H,24,27). The van der Waals surface area contributed by atoms with Crippen LogP contribution in [-0.2, 0) is 9.59 Å². The van der Waals surface area contributed by atoms with Gasteiger partial charge in [-0.1, -0.05) is 18.5 Å². The van der Waals surface area contributed by atoms with Gasteiger partial charge >= 0.3 is 0 Å². The molecule has 7 nitrogen and oxygen atoms in total. The molecule has 0 saturated carbocycles. The summed E-state index contributed by atoms with van der Waals surface area (Å²) in [4.78, 5) is 39.1. The smallest absolute Gasteiger partial charge is 0.268 e. The minimum atomic E-state index is -0.747. The SMILES string of the molecule is CCCC(=O)c1ccc2c(c1)N(CC(=O)Nc1cc(Cl)ccc1OC)C(=O)C(C)O2. The molecule has 2 amide bonds. The molecule has 30 heavy (non-hydrogen) atoms. The van der Waals surface area contributed by atoms with Gasteiger partial charge in [-0.2, -0.15) is 0 Å². The maximum Gasteiger partial charge on any atom is 0.268 e. The minimum absolute atomic E-state index is 0.0283. The monoisotopic (exact) mass is 430 g/mol. The summed E-state index contributed by atoms with van der Waals surface area (Å²) in [6.07, 6.45) is 0.373. The van der Waals surface area contributed by atoms with Gasteiger partial charge in [0.25, 0.3) is 5.91 Å². The number of carbonyl (C=O) groups is 3. The molecule has 1 aliphatic heterocycles. The van der Waals surface area contributed by atoms with E-state index in [0.29, 0.717) is 39.9 Å². The molecule has 0 fully saturated rings. The molecule has 0 bridgehead atoms. The quantitative estimate of drug-likeness (QED) is 0.669. The normalized spacial score (nSPS) is 15.3. The Morgan fingerprint density at radius 1 is 1.23 bits per heavy atom. The summed E-state index contributed by atoms with van der Waals surface area (Å²) >= 11 is 6.01. The first kappa shape index (κ1) is 21.6. The van der Waals surface area contributed by atoms with Crippen LogP contribution in [0.15, 0.2) is 36.4 Å². The predicted molar refractivity (Wildman–Crippen MR) is 115 cm³/mol. The Morgan fingerprint density at radius 2 is 2.00 bits per heavy atom. The third-order valence-corrected chi connectivity index (χ3v) is 4.94. The number of fused-ring (bicyclic) bond motifs is 1. The first-order valence-electron chi connectivity index (χ1n) is 9.62. The molecule has 1 heterocycles. The lowest BCUT2D eigenvalue weighted by Gasteiger charge is -2.33. The number of anilines is 2. The molecule has 0 saturated heterocycles. The number of benzene rings is 2. The highest BCUT2D eigenvalue weighted by molar-refractivity contribution is 6.31. The van der Waals surface area contributed by atoms with Gasteiger partial charge in [-0.25, -0.2) is 0 Å². The number of amides is 2. The van der Waals surface area contributed by atoms with Crippen LogP contribution in [0.1, 0.15) is 37.0 Å². The van der Waals surface area contributed by atoms with E-state index >= 15 is 0 Å². The van der Waals surface area contributed by atoms with Gasteiger partial charge < -0.3 is 14.8 Å². The summed E-state index contributed by atoms with van der Waals surface area (Å²) in [6, 6.07) is 9.79. The zero-order chi connectivity index (χ0) is 21.8. The fourth-order valence-electron chi connectivity index (χ4n) is 3.23. The van der Waals surface area contributed by atoms with E-state index in [1.54, 1.807) is 43.3 Å². The fraction of sp³-hybridized carbons (Fsp3) is 0.318. The van der Waals surface area contributed by atoms with Gasteiger partial charge in [-0.05, 0) is 49.7 Å². The Labute approximate surface area is 179 Å². The average Bonchev–Trinajstić information content (AvgIpc) is 2.71. The number of rotatable bonds is 7. The Balaban J connectivity index is 1.87. The second kappa shape index (κ2) is 9.17. The van der Waals surface area contributed by atoms with Gasteiger partial charge in [-0.15, -0.1) is 0 Å². The topological polar surface area (TPSA) is 84.9 Å². The number of halogens is 1. The van der Waals surface area contributed by atoms with Crippen LogP contribution in [-0.4, -0.2) is 37.4 Å². The third kappa shape index (κ3) is 4.57. The summed E-state index contributed by atoms with van der Waals surface area (Å²) in [7, 11) is 1.48. The number of nitrogens with one attached hydrogen (secondary N) is 1. The maximum absolute atomic E-state index is 12.8. The molecule has 0 radical (unpaired) electrons. The molecule has 2 aromatic rings. The van der Waals surface area contributed by atoms with Crippen LogP contribution in [0.25, 0.3) is 0 Å². The van der Waals surface area contributed by atoms with Gasteiger partial charge in [0, 0.05) is 17.0 Å². The number of hydrogen-bond donors (Lipinski definition) is 1. The molecule has 1 aliphatic rings. The minimum Gasteiger partial charge on any atom is -0.495 e. The number of nitrogens with zero attached hydrogens (tertiary/aromatic N) is 1. The fourth-order valence-corrected chi connectivity index (χ4v) is 3.40. The molecule has 1 atom stereocenters. The summed E-state index contributed by atoms with van der Waals surface area (Å²) in [6.45, 7) is 3.29. The second-order valence-electron chi connectivity index (χ2n) is 6.93. The largest absolute Gasteiger partial charge is 0.495 e. The summed E-state index contributed by atoms with van der Waals surface area (Å²) < 4.78 is 10.9. The average molecular weight is 431 g/mol. The molecule has 0 spiro atoms. The molecular weight excluding hydrogens is 408 g/mol. The van der Waals surface area contributed by atoms with Crippen molar-refractivity contribution in [2.75, 3.05) is 23.9 Å². The van der Waals surface area contributed by atoms with Crippen molar-refractivity contribution in [2.24, 2.45) is 0 Å². The van der Waals surface area contributed by atoms with Crippen LogP contribution in [0.4, 0.5) is 11.4 Å². The Morgan fingerprint density at radius 3 is 2.70 bits per heavy atom. The van der Waals surface area contributed by atoms with Crippen molar-refractivity contribution in [1.29, 1.82) is 0 Å². The Hall–Kier alpha value is -3.06. The molecule has 158 valence electrons. The van der Waals surface area contributed by atoms with E-state index in [4.69, 9.17) is 21.1 Å². The van der Waals surface area contributed by atoms with E-state index in [0.717, 1.165) is 6.42 Å². The van der Waals surface area contributed by atoms with Gasteiger partial charge in [0.1, 0.15) is 18.0 Å². The molecule has 1 N–H and O–H groups in total. The van der Waals surface area contributed by atoms with Crippen molar-refractivity contribution in [2.45, 2.75) is 32.8 Å². The van der Waals surface area contributed by atoms with E-state index in [9.17, 15) is 14.4 Å². The van der Waals surface area contributed by atoms with Crippen LogP contribution in [0.5, 0.6) is 11.5 Å². The van der Waals surface area contributed by atoms with Crippen molar-refractivity contribution in [3.63, 3.8) is 0 Å².